The van der Waals surface area contributed by atoms with Crippen molar-refractivity contribution in [3.63, 3.8) is 0 Å². The minimum Gasteiger partial charge on any atom is -0.504 e. The Hall–Kier alpha value is -3.64. The molecule has 1 fully saturated rings. The smallest absolute Gasteiger partial charge is 0.357 e. The van der Waals surface area contributed by atoms with Crippen LogP contribution in [0.15, 0.2) is 24.0 Å². The number of rotatable bonds is 6. The summed E-state index contributed by atoms with van der Waals surface area (Å²) in [5, 5.41) is 32.2. The van der Waals surface area contributed by atoms with Crippen LogP contribution in [0.4, 0.5) is 0 Å². The van der Waals surface area contributed by atoms with Crippen molar-refractivity contribution in [3.8, 4) is 11.5 Å². The van der Waals surface area contributed by atoms with Crippen molar-refractivity contribution in [2.75, 3.05) is 13.6 Å². The lowest BCUT2D eigenvalue weighted by Gasteiger charge is -2.61. The fourth-order valence-corrected chi connectivity index (χ4v) is 6.44. The molecule has 2 bridgehead atoms. The molecular weight excluding hydrogens is 490 g/mol. The van der Waals surface area contributed by atoms with Crippen LogP contribution in [0.2, 0.25) is 0 Å². The monoisotopic (exact) mass is 517 g/mol. The molecule has 1 aromatic carbocycles. The van der Waals surface area contributed by atoms with E-state index in [1.165, 1.54) is 12.1 Å². The molecule has 6 atom stereocenters. The summed E-state index contributed by atoms with van der Waals surface area (Å²) in [6.45, 7) is 2.52. The van der Waals surface area contributed by atoms with E-state index in [2.05, 4.69) is 4.90 Å². The van der Waals surface area contributed by atoms with Crippen LogP contribution >= 0.6 is 0 Å². The van der Waals surface area contributed by atoms with Crippen LogP contribution in [-0.2, 0) is 45.2 Å². The van der Waals surface area contributed by atoms with Crippen LogP contribution in [0.25, 0.3) is 0 Å². The number of benzene rings is 1. The maximum absolute atomic E-state index is 13.2. The minimum atomic E-state index is -2.15. The molecular formula is C25H27NO11. The molecule has 1 saturated heterocycles. The molecule has 1 aromatic rings. The van der Waals surface area contributed by atoms with Crippen molar-refractivity contribution in [1.29, 1.82) is 0 Å². The van der Waals surface area contributed by atoms with E-state index in [9.17, 15) is 34.5 Å². The van der Waals surface area contributed by atoms with Gasteiger partial charge < -0.3 is 39.2 Å². The molecule has 37 heavy (non-hydrogen) atoms. The third-order valence-corrected chi connectivity index (χ3v) is 7.91. The van der Waals surface area contributed by atoms with Gasteiger partial charge in [0.05, 0.1) is 11.0 Å². The van der Waals surface area contributed by atoms with Crippen LogP contribution in [0, 0.1) is 0 Å². The fraction of sp³-hybridized carbons (Fsp3) is 0.520. The number of phenolic OH excluding ortho intramolecular Hbond substituents is 1. The van der Waals surface area contributed by atoms with Crippen LogP contribution in [0.1, 0.15) is 37.8 Å². The molecule has 0 saturated carbocycles. The van der Waals surface area contributed by atoms with Gasteiger partial charge in [0, 0.05) is 31.9 Å². The predicted octanol–water partition coefficient (Wildman–Crippen LogP) is 0.161. The number of esters is 3. The van der Waals surface area contributed by atoms with Gasteiger partial charge in [-0.15, -0.1) is 0 Å². The number of aromatic hydroxyl groups is 1. The van der Waals surface area contributed by atoms with Crippen molar-refractivity contribution in [2.24, 2.45) is 0 Å². The Morgan fingerprint density at radius 3 is 2.46 bits per heavy atom. The molecule has 198 valence electrons. The third kappa shape index (κ3) is 3.50. The molecule has 12 heteroatoms. The van der Waals surface area contributed by atoms with Gasteiger partial charge in [0.1, 0.15) is 5.76 Å². The number of nitrogens with zero attached hydrogens (tertiary/aromatic N) is 1. The first-order valence-electron chi connectivity index (χ1n) is 11.8. The van der Waals surface area contributed by atoms with Gasteiger partial charge in [-0.1, -0.05) is 6.07 Å². The summed E-state index contributed by atoms with van der Waals surface area (Å²) in [5.74, 6) is -4.94. The lowest BCUT2D eigenvalue weighted by atomic mass is 9.50. The zero-order valence-electron chi connectivity index (χ0n) is 20.4. The average molecular weight is 517 g/mol. The molecule has 5 rings (SSSR count). The van der Waals surface area contributed by atoms with Crippen LogP contribution in [0.3, 0.4) is 0 Å². The second-order valence-electron chi connectivity index (χ2n) is 9.92. The summed E-state index contributed by atoms with van der Waals surface area (Å²) in [7, 11) is 1.93. The van der Waals surface area contributed by atoms with Crippen LogP contribution in [0.5, 0.6) is 11.5 Å². The zero-order chi connectivity index (χ0) is 26.9. The Morgan fingerprint density at radius 1 is 1.14 bits per heavy atom. The molecule has 0 radical (unpaired) electrons. The van der Waals surface area contributed by atoms with E-state index in [4.69, 9.17) is 18.9 Å². The minimum absolute atomic E-state index is 0.0226. The van der Waals surface area contributed by atoms with E-state index in [1.807, 2.05) is 7.05 Å². The van der Waals surface area contributed by atoms with Gasteiger partial charge in [-0.05, 0) is 44.1 Å². The molecule has 2 aliphatic carbocycles. The summed E-state index contributed by atoms with van der Waals surface area (Å²) in [6, 6.07) is 3.05. The number of carbonyl (C=O) groups is 4. The van der Waals surface area contributed by atoms with Gasteiger partial charge >= 0.3 is 23.9 Å². The standard InChI is InChI=1S/C25H27NO11/c1-11(27)34-19(22(30)31)20(35-12(2)28)23(32)36-15-6-7-25(33)16-10-13-4-5-14(29)18-17(13)24(25,21(15)37-18)8-9-26(16)3/h4-6,16,19-21,29,33H,7-10H2,1-3H3,(H,30,31)/t16-,19+,20+,21+,24+,25-/m0/s1. The van der Waals surface area contributed by atoms with E-state index >= 15 is 0 Å². The Morgan fingerprint density at radius 2 is 1.81 bits per heavy atom. The van der Waals surface area contributed by atoms with Crippen molar-refractivity contribution >= 4 is 23.9 Å². The first-order chi connectivity index (χ1) is 17.4. The van der Waals surface area contributed by atoms with Crippen molar-refractivity contribution in [3.05, 3.63) is 35.1 Å². The Bertz CT molecular complexity index is 1240. The number of ether oxygens (including phenoxy) is 4. The van der Waals surface area contributed by atoms with E-state index < -0.39 is 53.2 Å². The molecule has 4 aliphatic rings. The summed E-state index contributed by atoms with van der Waals surface area (Å²) < 4.78 is 21.4. The van der Waals surface area contributed by atoms with E-state index in [-0.39, 0.29) is 29.7 Å². The van der Waals surface area contributed by atoms with Gasteiger partial charge in [-0.2, -0.15) is 0 Å². The Balaban J connectivity index is 1.55. The lowest BCUT2D eigenvalue weighted by Crippen LogP contribution is -2.74. The highest BCUT2D eigenvalue weighted by atomic mass is 16.6. The summed E-state index contributed by atoms with van der Waals surface area (Å²) >= 11 is 0. The van der Waals surface area contributed by atoms with Crippen molar-refractivity contribution < 1.29 is 53.4 Å². The molecule has 0 unspecified atom stereocenters. The summed E-state index contributed by atoms with van der Waals surface area (Å²) in [6.07, 6.45) is -2.72. The zero-order valence-corrected chi connectivity index (χ0v) is 20.4. The quantitative estimate of drug-likeness (QED) is 0.346. The largest absolute Gasteiger partial charge is 0.504 e. The molecule has 0 aromatic heterocycles. The number of hydrogen-bond acceptors (Lipinski definition) is 11. The second kappa shape index (κ2) is 8.45. The number of carbonyl (C=O) groups excluding carboxylic acids is 3. The Labute approximate surface area is 211 Å². The maximum atomic E-state index is 13.2. The number of piperidine rings is 1. The van der Waals surface area contributed by atoms with Crippen molar-refractivity contribution in [1.82, 2.24) is 4.90 Å². The second-order valence-corrected chi connectivity index (χ2v) is 9.92. The molecule has 1 spiro atoms. The number of likely N-dealkylation sites (tertiary alicyclic amines) is 1. The molecule has 12 nitrogen and oxygen atoms in total. The van der Waals surface area contributed by atoms with Gasteiger partial charge in [0.2, 0.25) is 12.2 Å². The first kappa shape index (κ1) is 25.0. The lowest BCUT2D eigenvalue weighted by molar-refractivity contribution is -0.190. The van der Waals surface area contributed by atoms with Crippen molar-refractivity contribution in [2.45, 2.75) is 68.5 Å². The van der Waals surface area contributed by atoms with E-state index in [0.29, 0.717) is 24.9 Å². The van der Waals surface area contributed by atoms with Gasteiger partial charge in [0.15, 0.2) is 17.6 Å². The number of aliphatic hydroxyl groups is 1. The molecule has 3 N–H and O–H groups in total. The number of carboxylic acid groups (broad SMARTS) is 1. The topological polar surface area (TPSA) is 169 Å². The molecule has 2 aliphatic heterocycles. The first-order valence-corrected chi connectivity index (χ1v) is 11.8. The third-order valence-electron chi connectivity index (χ3n) is 7.91. The van der Waals surface area contributed by atoms with Gasteiger partial charge in [0.25, 0.3) is 0 Å². The van der Waals surface area contributed by atoms with E-state index in [1.54, 1.807) is 6.07 Å². The Kier molecular flexibility index (Phi) is 5.72. The number of hydrogen-bond donors (Lipinski definition) is 3. The van der Waals surface area contributed by atoms with Crippen LogP contribution in [-0.4, -0.2) is 87.6 Å². The number of phenols is 1. The normalized spacial score (nSPS) is 30.6. The van der Waals surface area contributed by atoms with Gasteiger partial charge in [-0.3, -0.25) is 9.59 Å². The molecule has 0 amide bonds. The highest BCUT2D eigenvalue weighted by molar-refractivity contribution is 5.88. The predicted molar refractivity (Wildman–Crippen MR) is 121 cm³/mol. The SMILES string of the molecule is CC(=O)O[C@@H](C(=O)O)[C@@H](OC(C)=O)C(=O)OC1=CC[C@]2(O)[C@@H]3Cc4ccc(O)c5c4[C@]2(CCN3C)[C@@H]1O5. The maximum Gasteiger partial charge on any atom is 0.357 e. The van der Waals surface area contributed by atoms with E-state index in [0.717, 1.165) is 19.4 Å². The average Bonchev–Trinajstić information content (AvgIpc) is 3.17. The highest BCUT2D eigenvalue weighted by Gasteiger charge is 2.72. The summed E-state index contributed by atoms with van der Waals surface area (Å²) in [4.78, 5) is 50.1. The number of aliphatic carboxylic acids is 1. The number of likely N-dealkylation sites (N-methyl/N-ethyl adjacent to an activating group) is 1. The van der Waals surface area contributed by atoms with Gasteiger partial charge in [-0.25, -0.2) is 9.59 Å². The fourth-order valence-electron chi connectivity index (χ4n) is 6.44. The summed E-state index contributed by atoms with van der Waals surface area (Å²) in [5.41, 5.74) is -0.771. The van der Waals surface area contributed by atoms with Crippen LogP contribution < -0.4 is 4.74 Å². The molecule has 2 heterocycles. The highest BCUT2D eigenvalue weighted by Crippen LogP contribution is 2.65. The number of carboxylic acids is 1.